The Kier molecular flexibility index (Phi) is 22.9. The topological polar surface area (TPSA) is 63.6 Å². The fourth-order valence-electron chi connectivity index (χ4n) is 3.88. The molecule has 0 heterocycles. The molecule has 0 aliphatic carbocycles. The summed E-state index contributed by atoms with van der Waals surface area (Å²) in [5.41, 5.74) is 0. The minimum atomic E-state index is -0.663. The Hall–Kier alpha value is -1.32. The van der Waals surface area contributed by atoms with Gasteiger partial charge in [0.15, 0.2) is 0 Å². The predicted octanol–water partition coefficient (Wildman–Crippen LogP) is 8.34. The summed E-state index contributed by atoms with van der Waals surface area (Å²) in [6.07, 6.45) is 27.4. The van der Waals surface area contributed by atoms with Crippen LogP contribution in [0, 0.1) is 0 Å². The lowest BCUT2D eigenvalue weighted by Gasteiger charge is -2.04. The van der Waals surface area contributed by atoms with Gasteiger partial charge in [0.2, 0.25) is 0 Å². The SMILES string of the molecule is C=COC(=O)CCCCCCCCCCCCCCCCCCCCCCC(=O)O. The molecule has 4 nitrogen and oxygen atoms in total. The second kappa shape index (κ2) is 24.0. The molecule has 1 N–H and O–H groups in total. The van der Waals surface area contributed by atoms with Crippen LogP contribution in [0.3, 0.4) is 0 Å². The van der Waals surface area contributed by atoms with Gasteiger partial charge in [0.1, 0.15) is 0 Å². The Morgan fingerprint density at radius 2 is 0.800 bits per heavy atom. The molecule has 0 aliphatic rings. The highest BCUT2D eigenvalue weighted by Crippen LogP contribution is 2.15. The number of ether oxygens (including phenoxy) is 1. The van der Waals surface area contributed by atoms with Crippen LogP contribution in [0.25, 0.3) is 0 Å². The van der Waals surface area contributed by atoms with E-state index in [0.717, 1.165) is 25.7 Å². The van der Waals surface area contributed by atoms with E-state index in [1.165, 1.54) is 109 Å². The molecule has 0 aromatic heterocycles. The van der Waals surface area contributed by atoms with Crippen molar-refractivity contribution in [2.24, 2.45) is 0 Å². The molecule has 0 bridgehead atoms. The molecule has 0 aliphatic heterocycles. The van der Waals surface area contributed by atoms with Crippen LogP contribution in [-0.2, 0) is 14.3 Å². The van der Waals surface area contributed by atoms with Crippen molar-refractivity contribution in [3.05, 3.63) is 12.8 Å². The molecule has 0 fully saturated rings. The fourth-order valence-corrected chi connectivity index (χ4v) is 3.88. The van der Waals surface area contributed by atoms with E-state index in [1.807, 2.05) is 0 Å². The van der Waals surface area contributed by atoms with Crippen LogP contribution in [0.1, 0.15) is 141 Å². The van der Waals surface area contributed by atoms with Gasteiger partial charge in [-0.15, -0.1) is 0 Å². The Bertz CT molecular complexity index is 406. The molecule has 30 heavy (non-hydrogen) atoms. The molecule has 0 atom stereocenters. The van der Waals surface area contributed by atoms with Crippen molar-refractivity contribution in [3.63, 3.8) is 0 Å². The van der Waals surface area contributed by atoms with Gasteiger partial charge >= 0.3 is 11.9 Å². The van der Waals surface area contributed by atoms with E-state index in [4.69, 9.17) is 9.84 Å². The van der Waals surface area contributed by atoms with E-state index in [9.17, 15) is 9.59 Å². The number of unbranched alkanes of at least 4 members (excludes halogenated alkanes) is 19. The summed E-state index contributed by atoms with van der Waals surface area (Å²) in [6, 6.07) is 0. The van der Waals surface area contributed by atoms with Crippen LogP contribution >= 0.6 is 0 Å². The Balaban J connectivity index is 3.06. The lowest BCUT2D eigenvalue weighted by molar-refractivity contribution is -0.138. The first-order chi connectivity index (χ1) is 14.7. The largest absolute Gasteiger partial charge is 0.481 e. The summed E-state index contributed by atoms with van der Waals surface area (Å²) >= 11 is 0. The number of esters is 1. The number of carboxylic acid groups (broad SMARTS) is 1. The maximum atomic E-state index is 11.2. The van der Waals surface area contributed by atoms with Crippen molar-refractivity contribution < 1.29 is 19.4 Å². The summed E-state index contributed by atoms with van der Waals surface area (Å²) in [5.74, 6) is -0.824. The average Bonchev–Trinajstić information content (AvgIpc) is 2.71. The second-order valence-electron chi connectivity index (χ2n) is 8.62. The van der Waals surface area contributed by atoms with Crippen LogP contribution < -0.4 is 0 Å². The molecular formula is C26H48O4. The van der Waals surface area contributed by atoms with Gasteiger partial charge in [-0.3, -0.25) is 9.59 Å². The van der Waals surface area contributed by atoms with E-state index in [0.29, 0.717) is 12.8 Å². The predicted molar refractivity (Wildman–Crippen MR) is 125 cm³/mol. The normalized spacial score (nSPS) is 10.8. The Morgan fingerprint density at radius 3 is 1.07 bits per heavy atom. The molecule has 0 aromatic rings. The first-order valence-corrected chi connectivity index (χ1v) is 12.7. The molecule has 0 amide bonds. The summed E-state index contributed by atoms with van der Waals surface area (Å²) in [7, 11) is 0. The number of hydrogen-bond acceptors (Lipinski definition) is 3. The first-order valence-electron chi connectivity index (χ1n) is 12.7. The molecule has 0 spiro atoms. The zero-order chi connectivity index (χ0) is 22.1. The van der Waals surface area contributed by atoms with Gasteiger partial charge < -0.3 is 9.84 Å². The van der Waals surface area contributed by atoms with E-state index in [-0.39, 0.29) is 5.97 Å². The zero-order valence-electron chi connectivity index (χ0n) is 19.5. The highest BCUT2D eigenvalue weighted by molar-refractivity contribution is 5.69. The quantitative estimate of drug-likeness (QED) is 0.0960. The lowest BCUT2D eigenvalue weighted by Crippen LogP contribution is -1.98. The number of aliphatic carboxylic acids is 1. The molecule has 0 unspecified atom stereocenters. The van der Waals surface area contributed by atoms with Crippen LogP contribution in [0.2, 0.25) is 0 Å². The summed E-state index contributed by atoms with van der Waals surface area (Å²) < 4.78 is 4.70. The van der Waals surface area contributed by atoms with E-state index in [2.05, 4.69) is 6.58 Å². The van der Waals surface area contributed by atoms with Gasteiger partial charge in [0.25, 0.3) is 0 Å². The van der Waals surface area contributed by atoms with Crippen LogP contribution in [-0.4, -0.2) is 17.0 Å². The van der Waals surface area contributed by atoms with Crippen molar-refractivity contribution in [2.45, 2.75) is 141 Å². The third-order valence-electron chi connectivity index (χ3n) is 5.74. The van der Waals surface area contributed by atoms with E-state index >= 15 is 0 Å². The minimum absolute atomic E-state index is 0.160. The molecule has 0 radical (unpaired) electrons. The number of hydrogen-bond donors (Lipinski definition) is 1. The van der Waals surface area contributed by atoms with Gasteiger partial charge in [0.05, 0.1) is 6.26 Å². The number of carbonyl (C=O) groups excluding carboxylic acids is 1. The van der Waals surface area contributed by atoms with Crippen molar-refractivity contribution in [2.75, 3.05) is 0 Å². The summed E-state index contributed by atoms with van der Waals surface area (Å²) in [4.78, 5) is 21.6. The molecule has 4 heteroatoms. The monoisotopic (exact) mass is 424 g/mol. The third kappa shape index (κ3) is 24.7. The van der Waals surface area contributed by atoms with Crippen molar-refractivity contribution in [1.29, 1.82) is 0 Å². The van der Waals surface area contributed by atoms with Crippen molar-refractivity contribution in [1.82, 2.24) is 0 Å². The van der Waals surface area contributed by atoms with Gasteiger partial charge in [-0.25, -0.2) is 0 Å². The number of rotatable bonds is 24. The smallest absolute Gasteiger partial charge is 0.310 e. The lowest BCUT2D eigenvalue weighted by atomic mass is 10.0. The minimum Gasteiger partial charge on any atom is -0.481 e. The van der Waals surface area contributed by atoms with Crippen molar-refractivity contribution in [3.8, 4) is 0 Å². The first kappa shape index (κ1) is 28.7. The highest BCUT2D eigenvalue weighted by atomic mass is 16.5. The highest BCUT2D eigenvalue weighted by Gasteiger charge is 2.00. The maximum Gasteiger partial charge on any atom is 0.310 e. The fraction of sp³-hybridized carbons (Fsp3) is 0.846. The van der Waals surface area contributed by atoms with E-state index in [1.54, 1.807) is 0 Å². The Morgan fingerprint density at radius 1 is 0.533 bits per heavy atom. The summed E-state index contributed by atoms with van der Waals surface area (Å²) in [5, 5.41) is 8.58. The van der Waals surface area contributed by atoms with Gasteiger partial charge in [-0.2, -0.15) is 0 Å². The maximum absolute atomic E-state index is 11.2. The van der Waals surface area contributed by atoms with Crippen LogP contribution in [0.4, 0.5) is 0 Å². The standard InChI is InChI=1S/C26H48O4/c1-2-30-26(29)24-22-20-18-16-14-12-10-8-6-4-3-5-7-9-11-13-15-17-19-21-23-25(27)28/h2H,1,3-24H2,(H,27,28). The third-order valence-corrected chi connectivity index (χ3v) is 5.74. The van der Waals surface area contributed by atoms with Gasteiger partial charge in [0, 0.05) is 12.8 Å². The number of carboxylic acids is 1. The Labute approximate surface area is 185 Å². The molecular weight excluding hydrogens is 376 g/mol. The van der Waals surface area contributed by atoms with Crippen LogP contribution in [0.15, 0.2) is 12.8 Å². The molecule has 0 rings (SSSR count). The summed E-state index contributed by atoms with van der Waals surface area (Å²) in [6.45, 7) is 3.39. The zero-order valence-corrected chi connectivity index (χ0v) is 19.5. The molecule has 0 saturated heterocycles. The van der Waals surface area contributed by atoms with Gasteiger partial charge in [-0.1, -0.05) is 122 Å². The van der Waals surface area contributed by atoms with Crippen molar-refractivity contribution >= 4 is 11.9 Å². The average molecular weight is 425 g/mol. The van der Waals surface area contributed by atoms with Crippen LogP contribution in [0.5, 0.6) is 0 Å². The second-order valence-corrected chi connectivity index (χ2v) is 8.62. The molecule has 0 aromatic carbocycles. The molecule has 176 valence electrons. The van der Waals surface area contributed by atoms with E-state index < -0.39 is 5.97 Å². The molecule has 0 saturated carbocycles. The number of carbonyl (C=O) groups is 2. The van der Waals surface area contributed by atoms with Gasteiger partial charge in [-0.05, 0) is 12.8 Å².